The molecule has 0 fully saturated rings. The van der Waals surface area contributed by atoms with E-state index >= 15 is 0 Å². The molecule has 1 unspecified atom stereocenters. The van der Waals surface area contributed by atoms with Crippen LogP contribution in [0.2, 0.25) is 0 Å². The van der Waals surface area contributed by atoms with E-state index in [0.29, 0.717) is 17.1 Å². The first-order valence-electron chi connectivity index (χ1n) is 6.55. The van der Waals surface area contributed by atoms with Gasteiger partial charge in [-0.3, -0.25) is 4.79 Å². The third-order valence-corrected chi connectivity index (χ3v) is 3.73. The zero-order valence-electron chi connectivity index (χ0n) is 11.9. The van der Waals surface area contributed by atoms with Crippen molar-refractivity contribution in [3.8, 4) is 5.75 Å². The van der Waals surface area contributed by atoms with E-state index in [4.69, 9.17) is 10.5 Å². The van der Waals surface area contributed by atoms with E-state index in [1.54, 1.807) is 19.1 Å². The van der Waals surface area contributed by atoms with Crippen molar-refractivity contribution in [3.63, 3.8) is 0 Å². The minimum atomic E-state index is -0.592. The summed E-state index contributed by atoms with van der Waals surface area (Å²) >= 11 is 2.22. The summed E-state index contributed by atoms with van der Waals surface area (Å²) in [6.07, 6.45) is -0.592. The Labute approximate surface area is 137 Å². The number of benzene rings is 2. The fraction of sp³-hybridized carbons (Fsp3) is 0.188. The number of rotatable bonds is 4. The van der Waals surface area contributed by atoms with E-state index in [0.717, 1.165) is 9.13 Å². The third kappa shape index (κ3) is 4.35. The van der Waals surface area contributed by atoms with Gasteiger partial charge in [0, 0.05) is 14.9 Å². The first-order valence-corrected chi connectivity index (χ1v) is 7.63. The minimum absolute atomic E-state index is 0.206. The van der Waals surface area contributed by atoms with Gasteiger partial charge < -0.3 is 15.8 Å². The first-order chi connectivity index (χ1) is 9.95. The lowest BCUT2D eigenvalue weighted by Crippen LogP contribution is -2.30. The highest BCUT2D eigenvalue weighted by Crippen LogP contribution is 2.19. The standard InChI is InChI=1S/C16H17IN2O2/c1-10-3-6-13(18)9-15(10)19-16(20)11(2)21-14-7-4-12(17)5-8-14/h3-9,11H,18H2,1-2H3,(H,19,20). The number of amides is 1. The molecule has 1 atom stereocenters. The number of carbonyl (C=O) groups excluding carboxylic acids is 1. The summed E-state index contributed by atoms with van der Waals surface area (Å²) in [6, 6.07) is 13.0. The van der Waals surface area contributed by atoms with Gasteiger partial charge >= 0.3 is 0 Å². The Hall–Kier alpha value is -1.76. The minimum Gasteiger partial charge on any atom is -0.481 e. The molecule has 5 heteroatoms. The van der Waals surface area contributed by atoms with Crippen LogP contribution in [-0.4, -0.2) is 12.0 Å². The molecule has 2 aromatic rings. The van der Waals surface area contributed by atoms with Gasteiger partial charge in [-0.1, -0.05) is 6.07 Å². The number of nitrogens with two attached hydrogens (primary N) is 1. The van der Waals surface area contributed by atoms with E-state index in [1.165, 1.54) is 0 Å². The van der Waals surface area contributed by atoms with Crippen LogP contribution in [0.3, 0.4) is 0 Å². The third-order valence-electron chi connectivity index (χ3n) is 3.02. The van der Waals surface area contributed by atoms with Crippen molar-refractivity contribution in [3.05, 3.63) is 51.6 Å². The highest BCUT2D eigenvalue weighted by molar-refractivity contribution is 14.1. The van der Waals surface area contributed by atoms with Crippen molar-refractivity contribution in [2.75, 3.05) is 11.1 Å². The molecule has 3 N–H and O–H groups in total. The van der Waals surface area contributed by atoms with Gasteiger partial charge in [0.2, 0.25) is 0 Å². The van der Waals surface area contributed by atoms with Gasteiger partial charge in [-0.15, -0.1) is 0 Å². The number of hydrogen-bond donors (Lipinski definition) is 2. The molecule has 0 radical (unpaired) electrons. The smallest absolute Gasteiger partial charge is 0.265 e. The molecule has 4 nitrogen and oxygen atoms in total. The van der Waals surface area contributed by atoms with E-state index in [9.17, 15) is 4.79 Å². The summed E-state index contributed by atoms with van der Waals surface area (Å²) in [5.41, 5.74) is 8.01. The molecular formula is C16H17IN2O2. The normalized spacial score (nSPS) is 11.8. The predicted molar refractivity (Wildman–Crippen MR) is 93.5 cm³/mol. The number of nitrogen functional groups attached to an aromatic ring is 1. The first kappa shape index (κ1) is 15.6. The molecule has 110 valence electrons. The Bertz CT molecular complexity index is 641. The topological polar surface area (TPSA) is 64.3 Å². The van der Waals surface area contributed by atoms with E-state index in [1.807, 2.05) is 37.3 Å². The van der Waals surface area contributed by atoms with Crippen LogP contribution < -0.4 is 15.8 Å². The lowest BCUT2D eigenvalue weighted by Gasteiger charge is -2.16. The second-order valence-corrected chi connectivity index (χ2v) is 6.02. The second-order valence-electron chi connectivity index (χ2n) is 4.78. The van der Waals surface area contributed by atoms with Crippen LogP contribution >= 0.6 is 22.6 Å². The Balaban J connectivity index is 2.02. The number of hydrogen-bond acceptors (Lipinski definition) is 3. The predicted octanol–water partition coefficient (Wildman–Crippen LogP) is 3.59. The summed E-state index contributed by atoms with van der Waals surface area (Å²) < 4.78 is 6.74. The van der Waals surface area contributed by atoms with Crippen LogP contribution in [0.25, 0.3) is 0 Å². The largest absolute Gasteiger partial charge is 0.481 e. The molecule has 2 aromatic carbocycles. The van der Waals surface area contributed by atoms with Gasteiger partial charge in [0.25, 0.3) is 5.91 Å². The average molecular weight is 396 g/mol. The van der Waals surface area contributed by atoms with Crippen LogP contribution in [-0.2, 0) is 4.79 Å². The van der Waals surface area contributed by atoms with Gasteiger partial charge in [-0.2, -0.15) is 0 Å². The number of nitrogens with one attached hydrogen (secondary N) is 1. The number of anilines is 2. The molecular weight excluding hydrogens is 379 g/mol. The summed E-state index contributed by atoms with van der Waals surface area (Å²) in [5.74, 6) is 0.463. The van der Waals surface area contributed by atoms with Gasteiger partial charge in [0.05, 0.1) is 0 Å². The zero-order valence-corrected chi connectivity index (χ0v) is 14.0. The zero-order chi connectivity index (χ0) is 15.4. The second kappa shape index (κ2) is 6.80. The van der Waals surface area contributed by atoms with Crippen molar-refractivity contribution in [2.45, 2.75) is 20.0 Å². The van der Waals surface area contributed by atoms with Crippen LogP contribution in [0, 0.1) is 10.5 Å². The van der Waals surface area contributed by atoms with E-state index < -0.39 is 6.10 Å². The summed E-state index contributed by atoms with van der Waals surface area (Å²) in [7, 11) is 0. The molecule has 0 heterocycles. The molecule has 2 rings (SSSR count). The fourth-order valence-electron chi connectivity index (χ4n) is 1.78. The van der Waals surface area contributed by atoms with Gasteiger partial charge in [0.15, 0.2) is 6.10 Å². The van der Waals surface area contributed by atoms with Crippen LogP contribution in [0.1, 0.15) is 12.5 Å². The molecule has 0 aliphatic carbocycles. The molecule has 0 aliphatic heterocycles. The molecule has 0 saturated heterocycles. The molecule has 0 aromatic heterocycles. The van der Waals surface area contributed by atoms with Gasteiger partial charge in [0.1, 0.15) is 5.75 Å². The number of ether oxygens (including phenoxy) is 1. The van der Waals surface area contributed by atoms with Crippen molar-refractivity contribution >= 4 is 39.9 Å². The molecule has 0 bridgehead atoms. The maximum absolute atomic E-state index is 12.2. The maximum Gasteiger partial charge on any atom is 0.265 e. The van der Waals surface area contributed by atoms with Crippen molar-refractivity contribution in [1.82, 2.24) is 0 Å². The SMILES string of the molecule is Cc1ccc(N)cc1NC(=O)C(C)Oc1ccc(I)cc1. The van der Waals surface area contributed by atoms with Crippen LogP contribution in [0.5, 0.6) is 5.75 Å². The Kier molecular flexibility index (Phi) is 5.06. The number of carbonyl (C=O) groups is 1. The van der Waals surface area contributed by atoms with Crippen molar-refractivity contribution < 1.29 is 9.53 Å². The summed E-state index contributed by atoms with van der Waals surface area (Å²) in [6.45, 7) is 3.63. The molecule has 1 amide bonds. The fourth-order valence-corrected chi connectivity index (χ4v) is 2.14. The molecule has 0 saturated carbocycles. The highest BCUT2D eigenvalue weighted by atomic mass is 127. The van der Waals surface area contributed by atoms with Crippen LogP contribution in [0.15, 0.2) is 42.5 Å². The Morgan fingerprint density at radius 3 is 2.57 bits per heavy atom. The Morgan fingerprint density at radius 2 is 1.90 bits per heavy atom. The van der Waals surface area contributed by atoms with E-state index in [-0.39, 0.29) is 5.91 Å². The lowest BCUT2D eigenvalue weighted by atomic mass is 10.1. The van der Waals surface area contributed by atoms with Crippen LogP contribution in [0.4, 0.5) is 11.4 Å². The molecule has 21 heavy (non-hydrogen) atoms. The summed E-state index contributed by atoms with van der Waals surface area (Å²) in [4.78, 5) is 12.2. The van der Waals surface area contributed by atoms with Crippen molar-refractivity contribution in [1.29, 1.82) is 0 Å². The highest BCUT2D eigenvalue weighted by Gasteiger charge is 2.15. The average Bonchev–Trinajstić information content (AvgIpc) is 2.45. The molecule has 0 aliphatic rings. The number of aryl methyl sites for hydroxylation is 1. The Morgan fingerprint density at radius 1 is 1.24 bits per heavy atom. The molecule has 0 spiro atoms. The lowest BCUT2D eigenvalue weighted by molar-refractivity contribution is -0.122. The van der Waals surface area contributed by atoms with Gasteiger partial charge in [-0.25, -0.2) is 0 Å². The monoisotopic (exact) mass is 396 g/mol. The van der Waals surface area contributed by atoms with Gasteiger partial charge in [-0.05, 0) is 78.4 Å². The quantitative estimate of drug-likeness (QED) is 0.614. The van der Waals surface area contributed by atoms with Crippen molar-refractivity contribution in [2.24, 2.45) is 0 Å². The van der Waals surface area contributed by atoms with E-state index in [2.05, 4.69) is 27.9 Å². The maximum atomic E-state index is 12.2. The number of halogens is 1. The summed E-state index contributed by atoms with van der Waals surface area (Å²) in [5, 5.41) is 2.84.